The molecule has 0 aliphatic heterocycles. The average Bonchev–Trinajstić information content (AvgIpc) is 3.18. The Morgan fingerprint density at radius 3 is 2.50 bits per heavy atom. The lowest BCUT2D eigenvalue weighted by Gasteiger charge is -2.24. The highest BCUT2D eigenvalue weighted by molar-refractivity contribution is 7.99. The van der Waals surface area contributed by atoms with E-state index in [2.05, 4.69) is 49.9 Å². The third kappa shape index (κ3) is 5.97. The molecule has 1 aromatic heterocycles. The van der Waals surface area contributed by atoms with Crippen molar-refractivity contribution in [3.63, 3.8) is 0 Å². The van der Waals surface area contributed by atoms with Crippen LogP contribution >= 0.6 is 34.7 Å². The van der Waals surface area contributed by atoms with Crippen LogP contribution in [0.5, 0.6) is 0 Å². The lowest BCUT2D eigenvalue weighted by Crippen LogP contribution is -2.39. The van der Waals surface area contributed by atoms with Crippen LogP contribution in [-0.4, -0.2) is 47.7 Å². The molecule has 0 saturated carbocycles. The lowest BCUT2D eigenvalue weighted by atomic mass is 10.2. The summed E-state index contributed by atoms with van der Waals surface area (Å²) in [5, 5.41) is 1.36. The molecule has 0 aliphatic rings. The molecular weight excluding hydrogens is 434 g/mol. The van der Waals surface area contributed by atoms with Gasteiger partial charge in [-0.1, -0.05) is 60.5 Å². The number of hydrogen-bond donors (Lipinski definition) is 0. The van der Waals surface area contributed by atoms with Gasteiger partial charge in [0.1, 0.15) is 5.52 Å². The zero-order chi connectivity index (χ0) is 21.5. The molecule has 0 aliphatic carbocycles. The minimum Gasteiger partial charge on any atom is -0.302 e. The minimum absolute atomic E-state index is 0.108. The molecule has 1 heterocycles. The Morgan fingerprint density at radius 2 is 1.83 bits per heavy atom. The van der Waals surface area contributed by atoms with E-state index in [1.165, 1.54) is 21.8 Å². The minimum atomic E-state index is 0.108. The van der Waals surface area contributed by atoms with E-state index in [0.717, 1.165) is 40.7 Å². The maximum atomic E-state index is 13.2. The van der Waals surface area contributed by atoms with Crippen LogP contribution in [0.15, 0.2) is 47.4 Å². The van der Waals surface area contributed by atoms with Gasteiger partial charge in [0.15, 0.2) is 5.13 Å². The van der Waals surface area contributed by atoms with Gasteiger partial charge in [-0.3, -0.25) is 9.69 Å². The molecule has 0 N–H and O–H groups in total. The summed E-state index contributed by atoms with van der Waals surface area (Å²) in [6.45, 7) is 9.76. The van der Waals surface area contributed by atoms with Gasteiger partial charge < -0.3 is 4.90 Å². The van der Waals surface area contributed by atoms with Gasteiger partial charge in [0.2, 0.25) is 5.91 Å². The average molecular weight is 462 g/mol. The number of para-hydroxylation sites is 1. The molecule has 0 saturated heterocycles. The maximum Gasteiger partial charge on any atom is 0.229 e. The van der Waals surface area contributed by atoms with Crippen molar-refractivity contribution in [3.8, 4) is 0 Å². The van der Waals surface area contributed by atoms with E-state index in [1.54, 1.807) is 11.8 Å². The third-order valence-electron chi connectivity index (χ3n) is 5.03. The quantitative estimate of drug-likeness (QED) is 0.341. The molecule has 2 aromatic carbocycles. The summed E-state index contributed by atoms with van der Waals surface area (Å²) < 4.78 is 1.01. The number of thioether (sulfide) groups is 1. The number of likely N-dealkylation sites (N-methyl/N-ethyl adjacent to an activating group) is 1. The number of amides is 1. The number of hydrogen-bond acceptors (Lipinski definition) is 5. The number of rotatable bonds is 10. The molecule has 160 valence electrons. The first-order chi connectivity index (χ1) is 14.5. The van der Waals surface area contributed by atoms with Crippen molar-refractivity contribution in [2.75, 3.05) is 36.8 Å². The molecule has 1 amide bonds. The van der Waals surface area contributed by atoms with Crippen LogP contribution in [0, 0.1) is 6.92 Å². The summed E-state index contributed by atoms with van der Waals surface area (Å²) in [5.41, 5.74) is 2.02. The number of nitrogens with zero attached hydrogens (tertiary/aromatic N) is 3. The Morgan fingerprint density at radius 1 is 1.10 bits per heavy atom. The largest absolute Gasteiger partial charge is 0.302 e. The number of fused-ring (bicyclic) bond motifs is 1. The molecule has 0 unspecified atom stereocenters. The lowest BCUT2D eigenvalue weighted by molar-refractivity contribution is -0.118. The SMILES string of the molecule is CCN(CC)CCN(C(=O)CCSc1ccc(C)cc1)c1nc2c(Cl)cccc2s1. The highest BCUT2D eigenvalue weighted by atomic mass is 35.5. The molecule has 4 nitrogen and oxygen atoms in total. The van der Waals surface area contributed by atoms with Crippen molar-refractivity contribution < 1.29 is 4.79 Å². The third-order valence-corrected chi connectivity index (χ3v) is 7.39. The van der Waals surface area contributed by atoms with Crippen LogP contribution in [0.4, 0.5) is 5.13 Å². The Balaban J connectivity index is 1.72. The number of thiazole rings is 1. The topological polar surface area (TPSA) is 36.4 Å². The number of aryl methyl sites for hydroxylation is 1. The van der Waals surface area contributed by atoms with Crippen molar-refractivity contribution in [2.24, 2.45) is 0 Å². The van der Waals surface area contributed by atoms with Crippen LogP contribution in [-0.2, 0) is 4.79 Å². The summed E-state index contributed by atoms with van der Waals surface area (Å²) >= 11 is 9.56. The Kier molecular flexibility index (Phi) is 8.57. The van der Waals surface area contributed by atoms with Gasteiger partial charge in [-0.05, 0) is 44.3 Å². The van der Waals surface area contributed by atoms with Crippen molar-refractivity contribution in [1.29, 1.82) is 0 Å². The van der Waals surface area contributed by atoms with E-state index in [1.807, 2.05) is 23.1 Å². The maximum absolute atomic E-state index is 13.2. The highest BCUT2D eigenvalue weighted by Crippen LogP contribution is 2.33. The fraction of sp³-hybridized carbons (Fsp3) is 0.391. The predicted molar refractivity (Wildman–Crippen MR) is 131 cm³/mol. The first kappa shape index (κ1) is 23.1. The molecule has 0 atom stereocenters. The van der Waals surface area contributed by atoms with E-state index in [-0.39, 0.29) is 5.91 Å². The van der Waals surface area contributed by atoms with Crippen molar-refractivity contribution in [2.45, 2.75) is 32.1 Å². The summed E-state index contributed by atoms with van der Waals surface area (Å²) in [6, 6.07) is 14.2. The van der Waals surface area contributed by atoms with Crippen molar-refractivity contribution in [3.05, 3.63) is 53.1 Å². The summed E-state index contributed by atoms with van der Waals surface area (Å²) in [6.07, 6.45) is 0.473. The number of halogens is 1. The molecule has 3 rings (SSSR count). The van der Waals surface area contributed by atoms with Gasteiger partial charge in [-0.2, -0.15) is 0 Å². The second-order valence-electron chi connectivity index (χ2n) is 7.07. The normalized spacial score (nSPS) is 11.4. The van der Waals surface area contributed by atoms with Crippen molar-refractivity contribution >= 4 is 56.0 Å². The summed E-state index contributed by atoms with van der Waals surface area (Å²) in [4.78, 5) is 23.2. The monoisotopic (exact) mass is 461 g/mol. The second-order valence-corrected chi connectivity index (χ2v) is 9.65. The van der Waals surface area contributed by atoms with E-state index in [4.69, 9.17) is 16.6 Å². The van der Waals surface area contributed by atoms with Crippen LogP contribution in [0.1, 0.15) is 25.8 Å². The first-order valence-corrected chi connectivity index (χ1v) is 12.5. The fourth-order valence-corrected chi connectivity index (χ4v) is 5.30. The zero-order valence-electron chi connectivity index (χ0n) is 17.7. The Labute approximate surface area is 192 Å². The van der Waals surface area contributed by atoms with Gasteiger partial charge in [0, 0.05) is 30.2 Å². The Bertz CT molecular complexity index is 970. The molecule has 7 heteroatoms. The van der Waals surface area contributed by atoms with Crippen LogP contribution in [0.25, 0.3) is 10.2 Å². The molecule has 0 fully saturated rings. The van der Waals surface area contributed by atoms with Gasteiger partial charge in [0.05, 0.1) is 9.72 Å². The summed E-state index contributed by atoms with van der Waals surface area (Å²) in [7, 11) is 0. The standard InChI is InChI=1S/C23H28ClN3OS2/c1-4-26(5-2)14-15-27(23-25-22-19(24)7-6-8-20(22)30-23)21(28)13-16-29-18-11-9-17(3)10-12-18/h6-12H,4-5,13-16H2,1-3H3. The first-order valence-electron chi connectivity index (χ1n) is 10.3. The van der Waals surface area contributed by atoms with E-state index in [9.17, 15) is 4.79 Å². The smallest absolute Gasteiger partial charge is 0.229 e. The predicted octanol–water partition coefficient (Wildman–Crippen LogP) is 6.12. The number of benzene rings is 2. The van der Waals surface area contributed by atoms with Crippen LogP contribution in [0.3, 0.4) is 0 Å². The molecular formula is C23H28ClN3OS2. The van der Waals surface area contributed by atoms with Crippen molar-refractivity contribution in [1.82, 2.24) is 9.88 Å². The number of carbonyl (C=O) groups is 1. The van der Waals surface area contributed by atoms with Crippen LogP contribution < -0.4 is 4.90 Å². The fourth-order valence-electron chi connectivity index (χ4n) is 3.15. The molecule has 3 aromatic rings. The molecule has 30 heavy (non-hydrogen) atoms. The van der Waals surface area contributed by atoms with Gasteiger partial charge >= 0.3 is 0 Å². The van der Waals surface area contributed by atoms with E-state index < -0.39 is 0 Å². The molecule has 0 spiro atoms. The number of anilines is 1. The number of aromatic nitrogens is 1. The summed E-state index contributed by atoms with van der Waals surface area (Å²) in [5.74, 6) is 0.854. The Hall–Kier alpha value is -1.60. The zero-order valence-corrected chi connectivity index (χ0v) is 20.1. The molecule has 0 radical (unpaired) electrons. The van der Waals surface area contributed by atoms with Gasteiger partial charge in [0.25, 0.3) is 0 Å². The second kappa shape index (κ2) is 11.1. The van der Waals surface area contributed by atoms with Gasteiger partial charge in [-0.25, -0.2) is 4.98 Å². The highest BCUT2D eigenvalue weighted by Gasteiger charge is 2.21. The molecule has 0 bridgehead atoms. The number of carbonyl (C=O) groups excluding carboxylic acids is 1. The van der Waals surface area contributed by atoms with E-state index >= 15 is 0 Å². The van der Waals surface area contributed by atoms with Crippen LogP contribution in [0.2, 0.25) is 5.02 Å². The van der Waals surface area contributed by atoms with E-state index in [0.29, 0.717) is 18.0 Å². The van der Waals surface area contributed by atoms with Gasteiger partial charge in [-0.15, -0.1) is 11.8 Å².